The van der Waals surface area contributed by atoms with E-state index in [4.69, 9.17) is 4.74 Å². The highest BCUT2D eigenvalue weighted by molar-refractivity contribution is 7.91. The van der Waals surface area contributed by atoms with E-state index in [-0.39, 0.29) is 23.6 Å². The molecule has 1 aromatic carbocycles. The van der Waals surface area contributed by atoms with Crippen LogP contribution in [-0.2, 0) is 16.3 Å². The summed E-state index contributed by atoms with van der Waals surface area (Å²) in [5.74, 6) is 0.978. The van der Waals surface area contributed by atoms with Crippen LogP contribution in [-0.4, -0.2) is 45.7 Å². The van der Waals surface area contributed by atoms with Gasteiger partial charge in [0.1, 0.15) is 5.75 Å². The lowest BCUT2D eigenvalue weighted by atomic mass is 10.1. The van der Waals surface area contributed by atoms with Gasteiger partial charge < -0.3 is 15.4 Å². The van der Waals surface area contributed by atoms with Crippen molar-refractivity contribution in [2.24, 2.45) is 0 Å². The second-order valence-corrected chi connectivity index (χ2v) is 7.33. The van der Waals surface area contributed by atoms with Gasteiger partial charge in [0.05, 0.1) is 18.6 Å². The minimum atomic E-state index is -2.97. The van der Waals surface area contributed by atoms with Gasteiger partial charge in [0.2, 0.25) is 0 Å². The minimum absolute atomic E-state index is 0.0380. The van der Waals surface area contributed by atoms with Crippen molar-refractivity contribution in [2.45, 2.75) is 18.9 Å². The normalized spacial score (nSPS) is 20.0. The van der Waals surface area contributed by atoms with Crippen molar-refractivity contribution in [2.75, 3.05) is 25.2 Å². The molecule has 2 rings (SSSR count). The Morgan fingerprint density at radius 2 is 2.24 bits per heavy atom. The van der Waals surface area contributed by atoms with Gasteiger partial charge in [0, 0.05) is 12.6 Å². The number of urea groups is 1. The maximum Gasteiger partial charge on any atom is 0.315 e. The van der Waals surface area contributed by atoms with E-state index in [0.29, 0.717) is 19.4 Å². The molecule has 0 bridgehead atoms. The maximum atomic E-state index is 11.7. The summed E-state index contributed by atoms with van der Waals surface area (Å²) < 4.78 is 27.7. The Morgan fingerprint density at radius 3 is 2.90 bits per heavy atom. The first-order chi connectivity index (χ1) is 9.98. The predicted molar refractivity (Wildman–Crippen MR) is 80.3 cm³/mol. The van der Waals surface area contributed by atoms with Crippen molar-refractivity contribution in [3.8, 4) is 5.75 Å². The number of ether oxygens (including phenoxy) is 1. The zero-order valence-electron chi connectivity index (χ0n) is 12.0. The third kappa shape index (κ3) is 4.93. The first-order valence-corrected chi connectivity index (χ1v) is 8.68. The zero-order valence-corrected chi connectivity index (χ0v) is 12.8. The number of rotatable bonds is 5. The number of hydrogen-bond donors (Lipinski definition) is 2. The molecule has 116 valence electrons. The standard InChI is InChI=1S/C14H20N2O4S/c1-20-13-4-2-3-11(9-13)5-7-15-14(17)16-12-6-8-21(18,19)10-12/h2-4,9,12H,5-8,10H2,1H3,(H2,15,16,17). The third-order valence-electron chi connectivity index (χ3n) is 3.40. The maximum absolute atomic E-state index is 11.7. The Bertz CT molecular complexity index is 601. The molecule has 21 heavy (non-hydrogen) atoms. The topological polar surface area (TPSA) is 84.5 Å². The number of carbonyl (C=O) groups is 1. The lowest BCUT2D eigenvalue weighted by Crippen LogP contribution is -2.43. The number of carbonyl (C=O) groups excluding carboxylic acids is 1. The van der Waals surface area contributed by atoms with Crippen molar-refractivity contribution < 1.29 is 17.9 Å². The van der Waals surface area contributed by atoms with Crippen LogP contribution in [0.25, 0.3) is 0 Å². The molecule has 0 spiro atoms. The molecule has 0 aliphatic carbocycles. The first kappa shape index (κ1) is 15.6. The molecule has 1 aliphatic rings. The summed E-state index contributed by atoms with van der Waals surface area (Å²) in [6, 6.07) is 7.06. The number of methoxy groups -OCH3 is 1. The molecule has 1 saturated heterocycles. The molecule has 1 unspecified atom stereocenters. The summed E-state index contributed by atoms with van der Waals surface area (Å²) in [5, 5.41) is 5.43. The molecule has 0 saturated carbocycles. The van der Waals surface area contributed by atoms with Gasteiger partial charge in [-0.05, 0) is 30.5 Å². The quantitative estimate of drug-likeness (QED) is 0.839. The SMILES string of the molecule is COc1cccc(CCNC(=O)NC2CCS(=O)(=O)C2)c1. The van der Waals surface area contributed by atoms with Gasteiger partial charge in [-0.1, -0.05) is 12.1 Å². The van der Waals surface area contributed by atoms with Crippen LogP contribution in [0.1, 0.15) is 12.0 Å². The third-order valence-corrected chi connectivity index (χ3v) is 5.17. The van der Waals surface area contributed by atoms with Gasteiger partial charge in [0.25, 0.3) is 0 Å². The van der Waals surface area contributed by atoms with Crippen LogP contribution in [0.5, 0.6) is 5.75 Å². The van der Waals surface area contributed by atoms with E-state index in [1.165, 1.54) is 0 Å². The smallest absolute Gasteiger partial charge is 0.315 e. The fourth-order valence-corrected chi connectivity index (χ4v) is 3.97. The second kappa shape index (κ2) is 6.80. The molecule has 1 heterocycles. The van der Waals surface area contributed by atoms with Crippen molar-refractivity contribution in [3.05, 3.63) is 29.8 Å². The van der Waals surface area contributed by atoms with Crippen molar-refractivity contribution in [1.29, 1.82) is 0 Å². The number of amides is 2. The minimum Gasteiger partial charge on any atom is -0.497 e. The average Bonchev–Trinajstić information content (AvgIpc) is 2.78. The van der Waals surface area contributed by atoms with E-state index in [1.807, 2.05) is 24.3 Å². The molecular weight excluding hydrogens is 292 g/mol. The van der Waals surface area contributed by atoms with E-state index in [1.54, 1.807) is 7.11 Å². The van der Waals surface area contributed by atoms with Crippen LogP contribution < -0.4 is 15.4 Å². The zero-order chi connectivity index (χ0) is 15.3. The number of hydrogen-bond acceptors (Lipinski definition) is 4. The Hall–Kier alpha value is -1.76. The lowest BCUT2D eigenvalue weighted by molar-refractivity contribution is 0.238. The molecule has 2 amide bonds. The van der Waals surface area contributed by atoms with Gasteiger partial charge in [-0.25, -0.2) is 13.2 Å². The number of benzene rings is 1. The Labute approximate surface area is 124 Å². The Balaban J connectivity index is 1.72. The van der Waals surface area contributed by atoms with Crippen LogP contribution >= 0.6 is 0 Å². The van der Waals surface area contributed by atoms with Gasteiger partial charge in [-0.15, -0.1) is 0 Å². The van der Waals surface area contributed by atoms with Gasteiger partial charge >= 0.3 is 6.03 Å². The Kier molecular flexibility index (Phi) is 5.06. The lowest BCUT2D eigenvalue weighted by Gasteiger charge is -2.12. The van der Waals surface area contributed by atoms with Gasteiger partial charge in [-0.2, -0.15) is 0 Å². The summed E-state index contributed by atoms with van der Waals surface area (Å²) in [7, 11) is -1.36. The molecule has 1 aliphatic heterocycles. The highest BCUT2D eigenvalue weighted by Gasteiger charge is 2.28. The molecule has 0 radical (unpaired) electrons. The highest BCUT2D eigenvalue weighted by Crippen LogP contribution is 2.13. The molecule has 6 nitrogen and oxygen atoms in total. The van der Waals surface area contributed by atoms with Crippen LogP contribution in [0.3, 0.4) is 0 Å². The number of nitrogens with one attached hydrogen (secondary N) is 2. The molecule has 7 heteroatoms. The molecule has 1 fully saturated rings. The highest BCUT2D eigenvalue weighted by atomic mass is 32.2. The van der Waals surface area contributed by atoms with Crippen LogP contribution in [0.15, 0.2) is 24.3 Å². The fraction of sp³-hybridized carbons (Fsp3) is 0.500. The molecule has 1 atom stereocenters. The Morgan fingerprint density at radius 1 is 1.43 bits per heavy atom. The molecule has 0 aromatic heterocycles. The average molecular weight is 312 g/mol. The summed E-state index contributed by atoms with van der Waals surface area (Å²) in [5.41, 5.74) is 1.07. The summed E-state index contributed by atoms with van der Waals surface area (Å²) in [6.45, 7) is 0.485. The van der Waals surface area contributed by atoms with Crippen molar-refractivity contribution >= 4 is 15.9 Å². The van der Waals surface area contributed by atoms with Gasteiger partial charge in [0.15, 0.2) is 9.84 Å². The van der Waals surface area contributed by atoms with E-state index < -0.39 is 9.84 Å². The number of sulfone groups is 1. The van der Waals surface area contributed by atoms with E-state index in [0.717, 1.165) is 11.3 Å². The predicted octanol–water partition coefficient (Wildman–Crippen LogP) is 0.724. The molecule has 2 N–H and O–H groups in total. The summed E-state index contributed by atoms with van der Waals surface area (Å²) >= 11 is 0. The second-order valence-electron chi connectivity index (χ2n) is 5.10. The largest absolute Gasteiger partial charge is 0.497 e. The van der Waals surface area contributed by atoms with Crippen LogP contribution in [0.2, 0.25) is 0 Å². The van der Waals surface area contributed by atoms with Crippen LogP contribution in [0, 0.1) is 0 Å². The summed E-state index contributed by atoms with van der Waals surface area (Å²) in [6.07, 6.45) is 1.18. The van der Waals surface area contributed by atoms with Crippen molar-refractivity contribution in [3.63, 3.8) is 0 Å². The summed E-state index contributed by atoms with van der Waals surface area (Å²) in [4.78, 5) is 11.7. The van der Waals surface area contributed by atoms with Crippen LogP contribution in [0.4, 0.5) is 4.79 Å². The van der Waals surface area contributed by atoms with Gasteiger partial charge in [-0.3, -0.25) is 0 Å². The van der Waals surface area contributed by atoms with E-state index in [9.17, 15) is 13.2 Å². The monoisotopic (exact) mass is 312 g/mol. The van der Waals surface area contributed by atoms with Crippen molar-refractivity contribution in [1.82, 2.24) is 10.6 Å². The van der Waals surface area contributed by atoms with E-state index >= 15 is 0 Å². The van der Waals surface area contributed by atoms with E-state index in [2.05, 4.69) is 10.6 Å². The fourth-order valence-electron chi connectivity index (χ4n) is 2.29. The first-order valence-electron chi connectivity index (χ1n) is 6.86. The molecular formula is C14H20N2O4S. The molecule has 1 aromatic rings.